The molecule has 1 fully saturated rings. The molecule has 0 aromatic heterocycles. The summed E-state index contributed by atoms with van der Waals surface area (Å²) in [6, 6.07) is 3.57. The van der Waals surface area contributed by atoms with Crippen molar-refractivity contribution in [3.05, 3.63) is 29.8 Å². The molecule has 1 atom stereocenters. The maximum Gasteiger partial charge on any atom is 0.416 e. The van der Waals surface area contributed by atoms with Crippen molar-refractivity contribution in [2.24, 2.45) is 0 Å². The van der Waals surface area contributed by atoms with Gasteiger partial charge in [0.25, 0.3) is 0 Å². The lowest BCUT2D eigenvalue weighted by Gasteiger charge is -2.32. The molecule has 2 amide bonds. The summed E-state index contributed by atoms with van der Waals surface area (Å²) in [6.45, 7) is 1.57. The van der Waals surface area contributed by atoms with Gasteiger partial charge in [-0.05, 0) is 30.7 Å². The lowest BCUT2D eigenvalue weighted by molar-refractivity contribution is -0.137. The standard InChI is InChI=1S/C13H13F3N2O2/c1-2-10-12(20)18(7-11(19)17-10)9-5-3-8(4-6-9)13(14,15)16/h3-6,10H,2,7H2,1H3,(H,17,19). The van der Waals surface area contributed by atoms with Crippen molar-refractivity contribution >= 4 is 17.5 Å². The molecule has 1 heterocycles. The molecule has 0 aliphatic carbocycles. The smallest absolute Gasteiger partial charge is 0.343 e. The third kappa shape index (κ3) is 2.76. The van der Waals surface area contributed by atoms with Gasteiger partial charge in [0, 0.05) is 5.69 Å². The highest BCUT2D eigenvalue weighted by Gasteiger charge is 2.33. The average molecular weight is 286 g/mol. The molecule has 0 bridgehead atoms. The van der Waals surface area contributed by atoms with Crippen molar-refractivity contribution in [2.45, 2.75) is 25.6 Å². The van der Waals surface area contributed by atoms with Crippen molar-refractivity contribution in [3.63, 3.8) is 0 Å². The number of halogens is 3. The number of hydrogen-bond donors (Lipinski definition) is 1. The lowest BCUT2D eigenvalue weighted by Crippen LogP contribution is -2.58. The minimum Gasteiger partial charge on any atom is -0.343 e. The van der Waals surface area contributed by atoms with E-state index in [1.54, 1.807) is 6.92 Å². The Morgan fingerprint density at radius 2 is 1.85 bits per heavy atom. The van der Waals surface area contributed by atoms with Crippen LogP contribution in [0.25, 0.3) is 0 Å². The van der Waals surface area contributed by atoms with Crippen molar-refractivity contribution in [1.82, 2.24) is 5.32 Å². The Balaban J connectivity index is 2.26. The van der Waals surface area contributed by atoms with Gasteiger partial charge in [0.1, 0.15) is 12.6 Å². The fourth-order valence-electron chi connectivity index (χ4n) is 2.04. The Bertz CT molecular complexity index is 525. The lowest BCUT2D eigenvalue weighted by atomic mass is 10.1. The van der Waals surface area contributed by atoms with Crippen molar-refractivity contribution in [3.8, 4) is 0 Å². The van der Waals surface area contributed by atoms with Gasteiger partial charge in [-0.2, -0.15) is 13.2 Å². The number of rotatable bonds is 2. The van der Waals surface area contributed by atoms with Crippen LogP contribution in [0.5, 0.6) is 0 Å². The first-order chi connectivity index (χ1) is 9.32. The summed E-state index contributed by atoms with van der Waals surface area (Å²) in [4.78, 5) is 24.8. The van der Waals surface area contributed by atoms with Crippen molar-refractivity contribution in [1.29, 1.82) is 0 Å². The molecule has 1 unspecified atom stereocenters. The summed E-state index contributed by atoms with van der Waals surface area (Å²) in [5.74, 6) is -0.636. The van der Waals surface area contributed by atoms with E-state index >= 15 is 0 Å². The van der Waals surface area contributed by atoms with E-state index in [2.05, 4.69) is 5.32 Å². The van der Waals surface area contributed by atoms with E-state index in [4.69, 9.17) is 0 Å². The van der Waals surface area contributed by atoms with Crippen LogP contribution in [-0.2, 0) is 15.8 Å². The van der Waals surface area contributed by atoms with Crippen LogP contribution in [0.3, 0.4) is 0 Å². The van der Waals surface area contributed by atoms with Crippen LogP contribution in [0.2, 0.25) is 0 Å². The summed E-state index contributed by atoms with van der Waals surface area (Å²) in [5.41, 5.74) is -0.501. The van der Waals surface area contributed by atoms with Gasteiger partial charge < -0.3 is 10.2 Å². The van der Waals surface area contributed by atoms with Gasteiger partial charge in [0.2, 0.25) is 11.8 Å². The highest BCUT2D eigenvalue weighted by molar-refractivity contribution is 6.06. The summed E-state index contributed by atoms with van der Waals surface area (Å²) in [6.07, 6.45) is -3.99. The van der Waals surface area contributed by atoms with Crippen LogP contribution < -0.4 is 10.2 Å². The molecule has 1 aromatic rings. The van der Waals surface area contributed by atoms with E-state index in [-0.39, 0.29) is 24.0 Å². The molecule has 1 aromatic carbocycles. The molecule has 4 nitrogen and oxygen atoms in total. The van der Waals surface area contributed by atoms with Gasteiger partial charge in [0.05, 0.1) is 5.56 Å². The Hall–Kier alpha value is -2.05. The van der Waals surface area contributed by atoms with E-state index < -0.39 is 17.8 Å². The first-order valence-electron chi connectivity index (χ1n) is 6.11. The van der Waals surface area contributed by atoms with Gasteiger partial charge in [0.15, 0.2) is 0 Å². The van der Waals surface area contributed by atoms with Gasteiger partial charge in [-0.25, -0.2) is 0 Å². The first-order valence-corrected chi connectivity index (χ1v) is 6.11. The number of carbonyl (C=O) groups excluding carboxylic acids is 2. The fraction of sp³-hybridized carbons (Fsp3) is 0.385. The summed E-state index contributed by atoms with van der Waals surface area (Å²) >= 11 is 0. The Morgan fingerprint density at radius 3 is 2.35 bits per heavy atom. The molecule has 0 saturated carbocycles. The Morgan fingerprint density at radius 1 is 1.25 bits per heavy atom. The zero-order chi connectivity index (χ0) is 14.9. The van der Waals surface area contributed by atoms with Crippen LogP contribution >= 0.6 is 0 Å². The highest BCUT2D eigenvalue weighted by atomic mass is 19.4. The monoisotopic (exact) mass is 286 g/mol. The summed E-state index contributed by atoms with van der Waals surface area (Å²) in [5, 5.41) is 2.54. The number of anilines is 1. The van der Waals surface area contributed by atoms with Crippen LogP contribution in [-0.4, -0.2) is 24.4 Å². The number of amides is 2. The average Bonchev–Trinajstić information content (AvgIpc) is 2.40. The molecule has 20 heavy (non-hydrogen) atoms. The van der Waals surface area contributed by atoms with E-state index in [0.717, 1.165) is 12.1 Å². The normalized spacial score (nSPS) is 20.0. The number of nitrogens with one attached hydrogen (secondary N) is 1. The minimum atomic E-state index is -4.42. The maximum atomic E-state index is 12.5. The van der Waals surface area contributed by atoms with E-state index in [1.165, 1.54) is 17.0 Å². The van der Waals surface area contributed by atoms with Crippen LogP contribution in [0.15, 0.2) is 24.3 Å². The molecular weight excluding hydrogens is 273 g/mol. The van der Waals surface area contributed by atoms with Crippen molar-refractivity contribution in [2.75, 3.05) is 11.4 Å². The maximum absolute atomic E-state index is 12.5. The Kier molecular flexibility index (Phi) is 3.69. The van der Waals surface area contributed by atoms with Crippen LogP contribution in [0.4, 0.5) is 18.9 Å². The summed E-state index contributed by atoms with van der Waals surface area (Å²) < 4.78 is 37.4. The summed E-state index contributed by atoms with van der Waals surface area (Å²) in [7, 11) is 0. The van der Waals surface area contributed by atoms with Crippen LogP contribution in [0, 0.1) is 0 Å². The van der Waals surface area contributed by atoms with E-state index in [1.807, 2.05) is 0 Å². The van der Waals surface area contributed by atoms with Crippen LogP contribution in [0.1, 0.15) is 18.9 Å². The molecular formula is C13H13F3N2O2. The number of benzene rings is 1. The van der Waals surface area contributed by atoms with Gasteiger partial charge in [-0.15, -0.1) is 0 Å². The predicted molar refractivity (Wildman–Crippen MR) is 66.0 cm³/mol. The molecule has 1 aliphatic heterocycles. The molecule has 1 aliphatic rings. The van der Waals surface area contributed by atoms with Gasteiger partial charge >= 0.3 is 6.18 Å². The number of alkyl halides is 3. The molecule has 2 rings (SSSR count). The van der Waals surface area contributed by atoms with Gasteiger partial charge in [-0.3, -0.25) is 9.59 Å². The molecule has 1 N–H and O–H groups in total. The molecule has 0 radical (unpaired) electrons. The largest absolute Gasteiger partial charge is 0.416 e. The third-order valence-electron chi connectivity index (χ3n) is 3.12. The van der Waals surface area contributed by atoms with Crippen molar-refractivity contribution < 1.29 is 22.8 Å². The number of hydrogen-bond acceptors (Lipinski definition) is 2. The second-order valence-corrected chi connectivity index (χ2v) is 4.50. The molecule has 7 heteroatoms. The first kappa shape index (κ1) is 14.4. The second-order valence-electron chi connectivity index (χ2n) is 4.50. The van der Waals surface area contributed by atoms with E-state index in [9.17, 15) is 22.8 Å². The SMILES string of the molecule is CCC1NC(=O)CN(c2ccc(C(F)(F)F)cc2)C1=O. The second kappa shape index (κ2) is 5.15. The minimum absolute atomic E-state index is 0.180. The molecule has 0 spiro atoms. The highest BCUT2D eigenvalue weighted by Crippen LogP contribution is 2.30. The number of nitrogens with zero attached hydrogens (tertiary/aromatic N) is 1. The van der Waals surface area contributed by atoms with E-state index in [0.29, 0.717) is 6.42 Å². The zero-order valence-corrected chi connectivity index (χ0v) is 10.7. The molecule has 1 saturated heterocycles. The van der Waals surface area contributed by atoms with Gasteiger partial charge in [-0.1, -0.05) is 6.92 Å². The number of carbonyl (C=O) groups is 2. The molecule has 108 valence electrons. The Labute approximate surface area is 113 Å². The predicted octanol–water partition coefficient (Wildman–Crippen LogP) is 1.95. The quantitative estimate of drug-likeness (QED) is 0.903. The topological polar surface area (TPSA) is 49.4 Å². The fourth-order valence-corrected chi connectivity index (χ4v) is 2.04. The number of piperazine rings is 1. The third-order valence-corrected chi connectivity index (χ3v) is 3.12. The zero-order valence-electron chi connectivity index (χ0n) is 10.7.